The minimum absolute atomic E-state index is 0.00681. The van der Waals surface area contributed by atoms with Gasteiger partial charge < -0.3 is 14.6 Å². The van der Waals surface area contributed by atoms with E-state index in [4.69, 9.17) is 9.47 Å². The summed E-state index contributed by atoms with van der Waals surface area (Å²) < 4.78 is 75.5. The van der Waals surface area contributed by atoms with Crippen molar-refractivity contribution in [1.29, 1.82) is 0 Å². The van der Waals surface area contributed by atoms with Gasteiger partial charge in [0.25, 0.3) is 0 Å². The second-order valence-electron chi connectivity index (χ2n) is 10.3. The van der Waals surface area contributed by atoms with Gasteiger partial charge >= 0.3 is 12.1 Å². The van der Waals surface area contributed by atoms with E-state index < -0.39 is 27.5 Å². The number of aryl methyl sites for hydroxylation is 1. The van der Waals surface area contributed by atoms with Crippen LogP contribution in [0.15, 0.2) is 42.6 Å². The van der Waals surface area contributed by atoms with Crippen molar-refractivity contribution in [3.63, 3.8) is 0 Å². The van der Waals surface area contributed by atoms with Gasteiger partial charge in [-0.3, -0.25) is 4.79 Å². The Hall–Kier alpha value is -3.67. The van der Waals surface area contributed by atoms with E-state index in [1.807, 2.05) is 0 Å². The molecule has 1 fully saturated rings. The number of carboxylic acid groups (broad SMARTS) is 1. The number of fused-ring (bicyclic) bond motifs is 3. The lowest BCUT2D eigenvalue weighted by Crippen LogP contribution is -2.10. The molecule has 212 valence electrons. The first-order valence-corrected chi connectivity index (χ1v) is 14.7. The van der Waals surface area contributed by atoms with E-state index in [2.05, 4.69) is 9.97 Å². The SMILES string of the molecule is Cc1nc(OCCCS(C)(=O)=O)ccc1-c1cc(COc2cc3c(cn2)[C@H]2[C@@H](C3)[C@@H]2C(=O)O)ccc1C(F)(F)F. The molecular formula is C28H27F3N2O6S. The largest absolute Gasteiger partial charge is 0.481 e. The molecule has 5 rings (SSSR count). The molecule has 2 aliphatic carbocycles. The summed E-state index contributed by atoms with van der Waals surface area (Å²) in [5, 5.41) is 9.28. The number of halogens is 3. The van der Waals surface area contributed by atoms with E-state index in [-0.39, 0.29) is 60.1 Å². The number of hydrogen-bond acceptors (Lipinski definition) is 7. The van der Waals surface area contributed by atoms with E-state index in [1.54, 1.807) is 19.2 Å². The molecule has 12 heteroatoms. The van der Waals surface area contributed by atoms with Crippen LogP contribution in [0.1, 0.15) is 40.3 Å². The summed E-state index contributed by atoms with van der Waals surface area (Å²) in [4.78, 5) is 19.9. The van der Waals surface area contributed by atoms with Crippen molar-refractivity contribution in [2.45, 2.75) is 38.5 Å². The maximum atomic E-state index is 13.9. The zero-order valence-corrected chi connectivity index (χ0v) is 22.6. The van der Waals surface area contributed by atoms with E-state index in [1.165, 1.54) is 24.3 Å². The van der Waals surface area contributed by atoms with Gasteiger partial charge in [0.05, 0.1) is 23.8 Å². The second kappa shape index (κ2) is 10.4. The first kappa shape index (κ1) is 27.9. The van der Waals surface area contributed by atoms with Crippen LogP contribution < -0.4 is 9.47 Å². The standard InChI is InChI=1S/C28H27F3N2O6S/c1-15-18(5-7-23(33-15)38-8-3-9-40(2,36)37)19-10-16(4-6-22(19)28(29,30)31)14-39-24-12-17-11-20-25(21(17)13-32-24)26(20)27(34)35/h4-7,10,12-13,20,25-26H,3,8-9,11,14H2,1-2H3,(H,34,35)/t20-,25-,26+/m1/s1. The minimum atomic E-state index is -4.60. The van der Waals surface area contributed by atoms with Crippen LogP contribution in [0.3, 0.4) is 0 Å². The molecule has 3 atom stereocenters. The molecule has 1 saturated carbocycles. The zero-order valence-electron chi connectivity index (χ0n) is 21.7. The average Bonchev–Trinajstić information content (AvgIpc) is 3.46. The number of carboxylic acids is 1. The van der Waals surface area contributed by atoms with Gasteiger partial charge in [-0.2, -0.15) is 13.2 Å². The predicted octanol–water partition coefficient (Wildman–Crippen LogP) is 4.83. The summed E-state index contributed by atoms with van der Waals surface area (Å²) >= 11 is 0. The Kier molecular flexibility index (Phi) is 7.24. The molecule has 0 spiro atoms. The van der Waals surface area contributed by atoms with Crippen LogP contribution in [0.5, 0.6) is 11.8 Å². The van der Waals surface area contributed by atoms with Crippen LogP contribution >= 0.6 is 0 Å². The third kappa shape index (κ3) is 5.91. The molecule has 40 heavy (non-hydrogen) atoms. The van der Waals surface area contributed by atoms with Crippen molar-refractivity contribution >= 4 is 15.8 Å². The molecule has 0 bridgehead atoms. The molecular weight excluding hydrogens is 549 g/mol. The van der Waals surface area contributed by atoms with Crippen LogP contribution in [0, 0.1) is 18.8 Å². The monoisotopic (exact) mass is 576 g/mol. The van der Waals surface area contributed by atoms with Crippen molar-refractivity contribution in [2.24, 2.45) is 11.8 Å². The normalized spacial score (nSPS) is 19.6. The van der Waals surface area contributed by atoms with Gasteiger partial charge in [0.1, 0.15) is 16.4 Å². The highest BCUT2D eigenvalue weighted by Crippen LogP contribution is 2.61. The Morgan fingerprint density at radius 1 is 1.10 bits per heavy atom. The number of hydrogen-bond donors (Lipinski definition) is 1. The number of aromatic nitrogens is 2. The minimum Gasteiger partial charge on any atom is -0.481 e. The topological polar surface area (TPSA) is 116 Å². The third-order valence-corrected chi connectivity index (χ3v) is 8.33. The molecule has 8 nitrogen and oxygen atoms in total. The maximum absolute atomic E-state index is 13.9. The predicted molar refractivity (Wildman–Crippen MR) is 139 cm³/mol. The number of nitrogens with zero attached hydrogens (tertiary/aromatic N) is 2. The lowest BCUT2D eigenvalue weighted by Gasteiger charge is -2.17. The lowest BCUT2D eigenvalue weighted by atomic mass is 9.96. The Balaban J connectivity index is 1.31. The highest BCUT2D eigenvalue weighted by Gasteiger charge is 2.59. The fraction of sp³-hybridized carbons (Fsp3) is 0.393. The summed E-state index contributed by atoms with van der Waals surface area (Å²) in [5.74, 6) is -0.597. The van der Waals surface area contributed by atoms with E-state index in [9.17, 15) is 31.5 Å². The Morgan fingerprint density at radius 2 is 1.88 bits per heavy atom. The molecule has 0 unspecified atom stereocenters. The van der Waals surface area contributed by atoms with Crippen LogP contribution in [0.25, 0.3) is 11.1 Å². The molecule has 1 N–H and O–H groups in total. The number of rotatable bonds is 10. The van der Waals surface area contributed by atoms with Crippen LogP contribution in [-0.2, 0) is 33.8 Å². The Morgan fingerprint density at radius 3 is 2.55 bits per heavy atom. The number of benzene rings is 1. The van der Waals surface area contributed by atoms with Gasteiger partial charge in [-0.25, -0.2) is 18.4 Å². The van der Waals surface area contributed by atoms with Crippen LogP contribution in [-0.4, -0.2) is 48.1 Å². The first-order valence-electron chi connectivity index (χ1n) is 12.6. The highest BCUT2D eigenvalue weighted by atomic mass is 32.2. The number of alkyl halides is 3. The Bertz CT molecular complexity index is 1570. The molecule has 2 aliphatic rings. The first-order chi connectivity index (χ1) is 18.8. The van der Waals surface area contributed by atoms with Gasteiger partial charge in [0, 0.05) is 41.8 Å². The maximum Gasteiger partial charge on any atom is 0.417 e. The molecule has 0 amide bonds. The second-order valence-corrected chi connectivity index (χ2v) is 12.5. The summed E-state index contributed by atoms with van der Waals surface area (Å²) in [6.07, 6.45) is -0.924. The lowest BCUT2D eigenvalue weighted by molar-refractivity contribution is -0.139. The highest BCUT2D eigenvalue weighted by molar-refractivity contribution is 7.90. The number of sulfone groups is 1. The molecule has 1 aromatic carbocycles. The molecule has 3 aromatic rings. The van der Waals surface area contributed by atoms with E-state index in [0.717, 1.165) is 23.4 Å². The quantitative estimate of drug-likeness (QED) is 0.341. The van der Waals surface area contributed by atoms with Crippen molar-refractivity contribution < 1.29 is 41.0 Å². The van der Waals surface area contributed by atoms with Gasteiger partial charge in [0.15, 0.2) is 0 Å². The van der Waals surface area contributed by atoms with Crippen molar-refractivity contribution in [3.8, 4) is 22.9 Å². The van der Waals surface area contributed by atoms with Crippen LogP contribution in [0.2, 0.25) is 0 Å². The van der Waals surface area contributed by atoms with E-state index in [0.29, 0.717) is 23.6 Å². The van der Waals surface area contributed by atoms with Crippen LogP contribution in [0.4, 0.5) is 13.2 Å². The fourth-order valence-corrected chi connectivity index (χ4v) is 6.04. The van der Waals surface area contributed by atoms with Gasteiger partial charge in [0.2, 0.25) is 11.8 Å². The van der Waals surface area contributed by atoms with Gasteiger partial charge in [-0.1, -0.05) is 6.07 Å². The molecule has 0 aliphatic heterocycles. The number of ether oxygens (including phenoxy) is 2. The number of pyridine rings is 2. The fourth-order valence-electron chi connectivity index (χ4n) is 5.39. The molecule has 2 heterocycles. The van der Waals surface area contributed by atoms with Gasteiger partial charge in [-0.05, 0) is 66.1 Å². The Labute approximate surface area is 229 Å². The zero-order chi connectivity index (χ0) is 28.8. The number of carbonyl (C=O) groups is 1. The van der Waals surface area contributed by atoms with E-state index >= 15 is 0 Å². The van der Waals surface area contributed by atoms with Gasteiger partial charge in [-0.15, -0.1) is 0 Å². The summed E-state index contributed by atoms with van der Waals surface area (Å²) in [7, 11) is -3.12. The van der Waals surface area contributed by atoms with Crippen molar-refractivity contribution in [3.05, 3.63) is 70.5 Å². The molecule has 2 aromatic heterocycles. The third-order valence-electron chi connectivity index (χ3n) is 7.30. The molecule has 0 saturated heterocycles. The van der Waals surface area contributed by atoms with Crippen molar-refractivity contribution in [2.75, 3.05) is 18.6 Å². The summed E-state index contributed by atoms with van der Waals surface area (Å²) in [6, 6.07) is 8.52. The van der Waals surface area contributed by atoms with Crippen molar-refractivity contribution in [1.82, 2.24) is 9.97 Å². The summed E-state index contributed by atoms with van der Waals surface area (Å²) in [6.45, 7) is 1.67. The smallest absolute Gasteiger partial charge is 0.417 e. The average molecular weight is 577 g/mol. The number of aliphatic carboxylic acids is 1. The summed E-state index contributed by atoms with van der Waals surface area (Å²) in [5.41, 5.74) is 2.15. The molecule has 0 radical (unpaired) electrons.